The maximum absolute atomic E-state index is 10.1. The predicted molar refractivity (Wildman–Crippen MR) is 71.1 cm³/mol. The summed E-state index contributed by atoms with van der Waals surface area (Å²) < 4.78 is 0. The standard InChI is InChI=1S/C14H28N2O/c1-12-6-8-16(9-7-12)11-14(17)10-15(2)13-4-3-5-13/h12-14,17H,3-11H2,1-2H3. The Hall–Kier alpha value is -0.120. The Morgan fingerprint density at radius 1 is 1.24 bits per heavy atom. The summed E-state index contributed by atoms with van der Waals surface area (Å²) in [6.07, 6.45) is 6.44. The van der Waals surface area contributed by atoms with Gasteiger partial charge in [0.1, 0.15) is 0 Å². The van der Waals surface area contributed by atoms with Gasteiger partial charge in [-0.15, -0.1) is 0 Å². The van der Waals surface area contributed by atoms with E-state index in [9.17, 15) is 5.11 Å². The molecule has 1 heterocycles. The van der Waals surface area contributed by atoms with Crippen LogP contribution in [0.3, 0.4) is 0 Å². The molecule has 0 bridgehead atoms. The lowest BCUT2D eigenvalue weighted by Gasteiger charge is -2.37. The van der Waals surface area contributed by atoms with Gasteiger partial charge < -0.3 is 14.9 Å². The molecular weight excluding hydrogens is 212 g/mol. The molecule has 0 aromatic heterocycles. The minimum atomic E-state index is -0.172. The van der Waals surface area contributed by atoms with Crippen LogP contribution in [0.4, 0.5) is 0 Å². The van der Waals surface area contributed by atoms with Gasteiger partial charge in [0.2, 0.25) is 0 Å². The lowest BCUT2D eigenvalue weighted by atomic mass is 9.91. The second-order valence-corrected chi connectivity index (χ2v) is 6.16. The molecule has 100 valence electrons. The summed E-state index contributed by atoms with van der Waals surface area (Å²) in [5, 5.41) is 10.1. The van der Waals surface area contributed by atoms with Crippen LogP contribution in [0, 0.1) is 5.92 Å². The topological polar surface area (TPSA) is 26.7 Å². The van der Waals surface area contributed by atoms with E-state index in [1.54, 1.807) is 0 Å². The molecule has 1 saturated heterocycles. The van der Waals surface area contributed by atoms with Crippen LogP contribution in [-0.2, 0) is 0 Å². The molecule has 0 amide bonds. The highest BCUT2D eigenvalue weighted by Gasteiger charge is 2.24. The summed E-state index contributed by atoms with van der Waals surface area (Å²) in [5.74, 6) is 0.876. The summed E-state index contributed by atoms with van der Waals surface area (Å²) in [6, 6.07) is 0.742. The van der Waals surface area contributed by atoms with Crippen molar-refractivity contribution in [2.75, 3.05) is 33.2 Å². The van der Waals surface area contributed by atoms with Crippen molar-refractivity contribution in [1.29, 1.82) is 0 Å². The van der Waals surface area contributed by atoms with Crippen LogP contribution in [0.2, 0.25) is 0 Å². The number of likely N-dealkylation sites (N-methyl/N-ethyl adjacent to an activating group) is 1. The fourth-order valence-corrected chi connectivity index (χ4v) is 2.91. The van der Waals surface area contributed by atoms with E-state index in [1.165, 1.54) is 45.2 Å². The van der Waals surface area contributed by atoms with E-state index < -0.39 is 0 Å². The van der Waals surface area contributed by atoms with Gasteiger partial charge >= 0.3 is 0 Å². The van der Waals surface area contributed by atoms with Crippen molar-refractivity contribution in [2.45, 2.75) is 51.2 Å². The molecule has 0 aromatic carbocycles. The van der Waals surface area contributed by atoms with Crippen molar-refractivity contribution in [3.05, 3.63) is 0 Å². The molecule has 2 fully saturated rings. The molecule has 3 nitrogen and oxygen atoms in total. The van der Waals surface area contributed by atoms with Crippen molar-refractivity contribution < 1.29 is 5.11 Å². The average Bonchev–Trinajstić information content (AvgIpc) is 2.18. The molecule has 17 heavy (non-hydrogen) atoms. The first-order chi connectivity index (χ1) is 8.15. The molecule has 1 unspecified atom stereocenters. The number of piperidine rings is 1. The Labute approximate surface area is 106 Å². The quantitative estimate of drug-likeness (QED) is 0.790. The van der Waals surface area contributed by atoms with Gasteiger partial charge in [0.05, 0.1) is 6.10 Å². The molecule has 0 spiro atoms. The first kappa shape index (κ1) is 13.3. The summed E-state index contributed by atoms with van der Waals surface area (Å²) in [7, 11) is 2.16. The predicted octanol–water partition coefficient (Wildman–Crippen LogP) is 1.56. The van der Waals surface area contributed by atoms with Crippen molar-refractivity contribution in [2.24, 2.45) is 5.92 Å². The third-order valence-electron chi connectivity index (χ3n) is 4.54. The molecule has 1 aliphatic heterocycles. The van der Waals surface area contributed by atoms with Crippen LogP contribution >= 0.6 is 0 Å². The zero-order valence-corrected chi connectivity index (χ0v) is 11.4. The minimum absolute atomic E-state index is 0.172. The van der Waals surface area contributed by atoms with Gasteiger partial charge in [-0.3, -0.25) is 0 Å². The van der Waals surface area contributed by atoms with Gasteiger partial charge in [0, 0.05) is 19.1 Å². The lowest BCUT2D eigenvalue weighted by molar-refractivity contribution is 0.0440. The monoisotopic (exact) mass is 240 g/mol. The number of β-amino-alcohol motifs (C(OH)–C–C–N with tert-alkyl or cyclic N) is 1. The van der Waals surface area contributed by atoms with Crippen molar-refractivity contribution in [3.63, 3.8) is 0 Å². The SMILES string of the molecule is CC1CCN(CC(O)CN(C)C2CCC2)CC1. The summed E-state index contributed by atoms with van der Waals surface area (Å²) >= 11 is 0. The van der Waals surface area contributed by atoms with E-state index in [-0.39, 0.29) is 6.10 Å². The number of aliphatic hydroxyl groups excluding tert-OH is 1. The van der Waals surface area contributed by atoms with Crippen LogP contribution in [0.15, 0.2) is 0 Å². The number of rotatable bonds is 5. The Kier molecular flexibility index (Phi) is 4.83. The second-order valence-electron chi connectivity index (χ2n) is 6.16. The number of nitrogens with zero attached hydrogens (tertiary/aromatic N) is 2. The van der Waals surface area contributed by atoms with Crippen molar-refractivity contribution in [3.8, 4) is 0 Å². The Balaban J connectivity index is 1.64. The minimum Gasteiger partial charge on any atom is -0.390 e. The van der Waals surface area contributed by atoms with Gasteiger partial charge in [-0.1, -0.05) is 13.3 Å². The van der Waals surface area contributed by atoms with Crippen LogP contribution < -0.4 is 0 Å². The molecule has 1 aliphatic carbocycles. The van der Waals surface area contributed by atoms with E-state index in [1.807, 2.05) is 0 Å². The molecule has 1 saturated carbocycles. The fraction of sp³-hybridized carbons (Fsp3) is 1.00. The lowest BCUT2D eigenvalue weighted by Crippen LogP contribution is -2.46. The van der Waals surface area contributed by atoms with E-state index >= 15 is 0 Å². The van der Waals surface area contributed by atoms with Crippen LogP contribution in [0.1, 0.15) is 39.0 Å². The molecule has 1 atom stereocenters. The van der Waals surface area contributed by atoms with Gasteiger partial charge in [0.25, 0.3) is 0 Å². The zero-order chi connectivity index (χ0) is 12.3. The Morgan fingerprint density at radius 2 is 1.88 bits per heavy atom. The van der Waals surface area contributed by atoms with E-state index in [0.717, 1.165) is 25.0 Å². The number of aliphatic hydroxyl groups is 1. The van der Waals surface area contributed by atoms with Crippen LogP contribution in [0.5, 0.6) is 0 Å². The van der Waals surface area contributed by atoms with Crippen LogP contribution in [-0.4, -0.2) is 60.3 Å². The van der Waals surface area contributed by atoms with Gasteiger partial charge in [-0.25, -0.2) is 0 Å². The highest BCUT2D eigenvalue weighted by atomic mass is 16.3. The summed E-state index contributed by atoms with van der Waals surface area (Å²) in [6.45, 7) is 6.38. The average molecular weight is 240 g/mol. The van der Waals surface area contributed by atoms with Crippen LogP contribution in [0.25, 0.3) is 0 Å². The molecule has 1 N–H and O–H groups in total. The number of likely N-dealkylation sites (tertiary alicyclic amines) is 1. The molecule has 0 aromatic rings. The highest BCUT2D eigenvalue weighted by molar-refractivity contribution is 4.80. The van der Waals surface area contributed by atoms with E-state index in [0.29, 0.717) is 0 Å². The van der Waals surface area contributed by atoms with E-state index in [2.05, 4.69) is 23.8 Å². The second kappa shape index (κ2) is 6.17. The van der Waals surface area contributed by atoms with E-state index in [4.69, 9.17) is 0 Å². The molecule has 3 heteroatoms. The summed E-state index contributed by atoms with van der Waals surface area (Å²) in [4.78, 5) is 4.78. The van der Waals surface area contributed by atoms with Crippen molar-refractivity contribution in [1.82, 2.24) is 9.80 Å². The Morgan fingerprint density at radius 3 is 2.41 bits per heavy atom. The van der Waals surface area contributed by atoms with Gasteiger partial charge in [0.15, 0.2) is 0 Å². The first-order valence-electron chi connectivity index (χ1n) is 7.26. The number of hydrogen-bond acceptors (Lipinski definition) is 3. The molecule has 2 rings (SSSR count). The van der Waals surface area contributed by atoms with Gasteiger partial charge in [-0.05, 0) is 51.7 Å². The van der Waals surface area contributed by atoms with Gasteiger partial charge in [-0.2, -0.15) is 0 Å². The highest BCUT2D eigenvalue weighted by Crippen LogP contribution is 2.23. The third-order valence-corrected chi connectivity index (χ3v) is 4.54. The fourth-order valence-electron chi connectivity index (χ4n) is 2.91. The zero-order valence-electron chi connectivity index (χ0n) is 11.4. The molecule has 0 radical (unpaired) electrons. The normalized spacial score (nSPS) is 26.1. The first-order valence-corrected chi connectivity index (χ1v) is 7.26. The largest absolute Gasteiger partial charge is 0.390 e. The smallest absolute Gasteiger partial charge is 0.0793 e. The summed E-state index contributed by atoms with van der Waals surface area (Å²) in [5.41, 5.74) is 0. The molecular formula is C14H28N2O. The maximum Gasteiger partial charge on any atom is 0.0793 e. The third kappa shape index (κ3) is 3.94. The maximum atomic E-state index is 10.1. The molecule has 2 aliphatic rings. The van der Waals surface area contributed by atoms with Crippen molar-refractivity contribution >= 4 is 0 Å². The Bertz CT molecular complexity index is 222. The number of hydrogen-bond donors (Lipinski definition) is 1.